The fourth-order valence-electron chi connectivity index (χ4n) is 1.02. The molecule has 0 aliphatic carbocycles. The molecule has 0 aliphatic heterocycles. The van der Waals surface area contributed by atoms with Crippen LogP contribution in [0.3, 0.4) is 0 Å². The molecule has 78 valence electrons. The lowest BCUT2D eigenvalue weighted by atomic mass is 10.1. The van der Waals surface area contributed by atoms with Gasteiger partial charge in [-0.05, 0) is 19.8 Å². The summed E-state index contributed by atoms with van der Waals surface area (Å²) in [6, 6.07) is 0.330. The van der Waals surface area contributed by atoms with Crippen LogP contribution in [0.2, 0.25) is 0 Å². The Kier molecular flexibility index (Phi) is 8.30. The summed E-state index contributed by atoms with van der Waals surface area (Å²) >= 11 is 1.39. The van der Waals surface area contributed by atoms with E-state index in [1.165, 1.54) is 24.6 Å². The molecule has 0 saturated heterocycles. The van der Waals surface area contributed by atoms with E-state index in [0.29, 0.717) is 6.04 Å². The van der Waals surface area contributed by atoms with Gasteiger partial charge in [-0.1, -0.05) is 38.5 Å². The Balaban J connectivity index is 3.41. The fourth-order valence-corrected chi connectivity index (χ4v) is 1.69. The van der Waals surface area contributed by atoms with Gasteiger partial charge in [0.25, 0.3) is 5.24 Å². The fraction of sp³-hybridized carbons (Fsp3) is 0.900. The summed E-state index contributed by atoms with van der Waals surface area (Å²) in [6.07, 6.45) is 4.54. The first-order chi connectivity index (χ1) is 6.20. The number of hydrogen-bond acceptors (Lipinski definition) is 2. The van der Waals surface area contributed by atoms with Crippen LogP contribution in [0.5, 0.6) is 0 Å². The van der Waals surface area contributed by atoms with Gasteiger partial charge in [0, 0.05) is 11.8 Å². The number of thioether (sulfide) groups is 1. The predicted octanol–water partition coefficient (Wildman–Crippen LogP) is 3.42. The Bertz CT molecular complexity index is 139. The van der Waals surface area contributed by atoms with Crippen molar-refractivity contribution in [3.05, 3.63) is 0 Å². The Morgan fingerprint density at radius 2 is 2.08 bits per heavy atom. The third kappa shape index (κ3) is 8.16. The molecule has 1 atom stereocenters. The molecule has 0 saturated carbocycles. The van der Waals surface area contributed by atoms with Gasteiger partial charge in [-0.3, -0.25) is 4.79 Å². The van der Waals surface area contributed by atoms with E-state index in [1.807, 2.05) is 0 Å². The Morgan fingerprint density at radius 3 is 2.62 bits per heavy atom. The molecule has 0 aromatic rings. The predicted molar refractivity (Wildman–Crippen MR) is 60.3 cm³/mol. The van der Waals surface area contributed by atoms with E-state index in [4.69, 9.17) is 0 Å². The molecule has 1 unspecified atom stereocenters. The number of carbonyl (C=O) groups excluding carboxylic acids is 1. The quantitative estimate of drug-likeness (QED) is 0.716. The van der Waals surface area contributed by atoms with Gasteiger partial charge < -0.3 is 5.32 Å². The average molecular weight is 203 g/mol. The molecule has 2 nitrogen and oxygen atoms in total. The van der Waals surface area contributed by atoms with Crippen LogP contribution < -0.4 is 5.32 Å². The molecular formula is C10H21NOS. The van der Waals surface area contributed by atoms with E-state index in [9.17, 15) is 4.79 Å². The maximum absolute atomic E-state index is 11.2. The summed E-state index contributed by atoms with van der Waals surface area (Å²) < 4.78 is 0. The van der Waals surface area contributed by atoms with E-state index in [1.54, 1.807) is 0 Å². The highest BCUT2D eigenvalue weighted by molar-refractivity contribution is 8.13. The zero-order chi connectivity index (χ0) is 10.1. The normalized spacial score (nSPS) is 12.5. The first-order valence-corrected chi connectivity index (χ1v) is 6.12. The summed E-state index contributed by atoms with van der Waals surface area (Å²) in [5.74, 6) is 0.923. The van der Waals surface area contributed by atoms with Crippen LogP contribution in [-0.2, 0) is 0 Å². The van der Waals surface area contributed by atoms with Crippen LogP contribution in [0, 0.1) is 0 Å². The molecular weight excluding hydrogens is 182 g/mol. The van der Waals surface area contributed by atoms with Gasteiger partial charge in [0.05, 0.1) is 0 Å². The van der Waals surface area contributed by atoms with Crippen molar-refractivity contribution < 1.29 is 4.79 Å². The van der Waals surface area contributed by atoms with Crippen molar-refractivity contribution >= 4 is 17.0 Å². The van der Waals surface area contributed by atoms with Crippen LogP contribution in [0.15, 0.2) is 0 Å². The second kappa shape index (κ2) is 8.42. The van der Waals surface area contributed by atoms with E-state index in [0.717, 1.165) is 18.6 Å². The summed E-state index contributed by atoms with van der Waals surface area (Å²) in [4.78, 5) is 11.2. The molecule has 1 N–H and O–H groups in total. The first kappa shape index (κ1) is 12.8. The minimum absolute atomic E-state index is 0.130. The molecule has 0 aliphatic rings. The van der Waals surface area contributed by atoms with Crippen molar-refractivity contribution in [2.24, 2.45) is 0 Å². The zero-order valence-electron chi connectivity index (χ0n) is 8.93. The number of amides is 1. The van der Waals surface area contributed by atoms with Gasteiger partial charge in [-0.25, -0.2) is 0 Å². The average Bonchev–Trinajstić information content (AvgIpc) is 2.11. The van der Waals surface area contributed by atoms with Crippen LogP contribution in [-0.4, -0.2) is 17.0 Å². The topological polar surface area (TPSA) is 29.1 Å². The van der Waals surface area contributed by atoms with E-state index in [-0.39, 0.29) is 5.24 Å². The molecule has 13 heavy (non-hydrogen) atoms. The summed E-state index contributed by atoms with van der Waals surface area (Å²) in [5.41, 5.74) is 0. The molecule has 0 bridgehead atoms. The minimum atomic E-state index is 0.130. The van der Waals surface area contributed by atoms with Gasteiger partial charge in [0.2, 0.25) is 0 Å². The highest BCUT2D eigenvalue weighted by Gasteiger charge is 2.05. The molecule has 0 aromatic carbocycles. The van der Waals surface area contributed by atoms with Gasteiger partial charge in [-0.15, -0.1) is 0 Å². The Hall–Kier alpha value is -0.180. The maximum atomic E-state index is 11.2. The van der Waals surface area contributed by atoms with E-state index in [2.05, 4.69) is 26.1 Å². The third-order valence-corrected chi connectivity index (χ3v) is 2.78. The van der Waals surface area contributed by atoms with E-state index >= 15 is 0 Å². The third-order valence-electron chi connectivity index (χ3n) is 1.79. The van der Waals surface area contributed by atoms with Crippen molar-refractivity contribution in [3.63, 3.8) is 0 Å². The monoisotopic (exact) mass is 203 g/mol. The molecule has 0 radical (unpaired) electrons. The van der Waals surface area contributed by atoms with E-state index < -0.39 is 0 Å². The summed E-state index contributed by atoms with van der Waals surface area (Å²) in [7, 11) is 0. The lowest BCUT2D eigenvalue weighted by Crippen LogP contribution is -2.29. The standard InChI is InChI=1S/C10H21NOS/c1-4-6-7-9(3)11-10(12)13-8-5-2/h9H,4-8H2,1-3H3,(H,11,12). The summed E-state index contributed by atoms with van der Waals surface area (Å²) in [6.45, 7) is 6.32. The largest absolute Gasteiger partial charge is 0.345 e. The van der Waals surface area contributed by atoms with Crippen LogP contribution >= 0.6 is 11.8 Å². The van der Waals surface area contributed by atoms with Crippen LogP contribution in [0.1, 0.15) is 46.5 Å². The van der Waals surface area contributed by atoms with Gasteiger partial charge in [0.1, 0.15) is 0 Å². The summed E-state index contributed by atoms with van der Waals surface area (Å²) in [5, 5.41) is 3.10. The molecule has 0 fully saturated rings. The molecule has 0 spiro atoms. The Morgan fingerprint density at radius 1 is 1.38 bits per heavy atom. The SMILES string of the molecule is CCCCC(C)NC(=O)SCCC. The highest BCUT2D eigenvalue weighted by Crippen LogP contribution is 2.06. The number of rotatable bonds is 6. The number of carbonyl (C=O) groups is 1. The van der Waals surface area contributed by atoms with Crippen LogP contribution in [0.4, 0.5) is 4.79 Å². The van der Waals surface area contributed by atoms with Gasteiger partial charge in [-0.2, -0.15) is 0 Å². The van der Waals surface area contributed by atoms with Crippen molar-refractivity contribution in [1.82, 2.24) is 5.32 Å². The van der Waals surface area contributed by atoms with Crippen molar-refractivity contribution in [2.45, 2.75) is 52.5 Å². The minimum Gasteiger partial charge on any atom is -0.345 e. The van der Waals surface area contributed by atoms with Crippen molar-refractivity contribution in [1.29, 1.82) is 0 Å². The van der Waals surface area contributed by atoms with Crippen molar-refractivity contribution in [3.8, 4) is 0 Å². The molecule has 0 aromatic heterocycles. The number of hydrogen-bond donors (Lipinski definition) is 1. The number of unbranched alkanes of at least 4 members (excludes halogenated alkanes) is 1. The van der Waals surface area contributed by atoms with Gasteiger partial charge >= 0.3 is 0 Å². The van der Waals surface area contributed by atoms with Crippen molar-refractivity contribution in [2.75, 3.05) is 5.75 Å². The molecule has 0 heterocycles. The maximum Gasteiger partial charge on any atom is 0.279 e. The lowest BCUT2D eigenvalue weighted by molar-refractivity contribution is 0.257. The highest BCUT2D eigenvalue weighted by atomic mass is 32.2. The number of nitrogens with one attached hydrogen (secondary N) is 1. The van der Waals surface area contributed by atoms with Gasteiger partial charge in [0.15, 0.2) is 0 Å². The second-order valence-electron chi connectivity index (χ2n) is 3.32. The lowest BCUT2D eigenvalue weighted by Gasteiger charge is -2.12. The molecule has 3 heteroatoms. The zero-order valence-corrected chi connectivity index (χ0v) is 9.75. The molecule has 0 rings (SSSR count). The first-order valence-electron chi connectivity index (χ1n) is 5.14. The Labute approximate surface area is 85.9 Å². The van der Waals surface area contributed by atoms with Crippen LogP contribution in [0.25, 0.3) is 0 Å². The smallest absolute Gasteiger partial charge is 0.279 e. The molecule has 1 amide bonds. The second-order valence-corrected chi connectivity index (χ2v) is 4.39.